The second-order valence-corrected chi connectivity index (χ2v) is 7.91. The molecule has 1 aliphatic heterocycles. The summed E-state index contributed by atoms with van der Waals surface area (Å²) in [5.74, 6) is -0.186. The maximum absolute atomic E-state index is 12.4. The minimum atomic E-state index is -3.22. The van der Waals surface area contributed by atoms with Crippen molar-refractivity contribution in [1.29, 1.82) is 0 Å². The zero-order chi connectivity index (χ0) is 17.3. The van der Waals surface area contributed by atoms with Crippen LogP contribution in [-0.2, 0) is 16.3 Å². The van der Waals surface area contributed by atoms with Gasteiger partial charge in [-0.25, -0.2) is 8.42 Å². The second-order valence-electron chi connectivity index (χ2n) is 5.83. The molecule has 0 aliphatic carbocycles. The monoisotopic (exact) mass is 343 g/mol. The zero-order valence-corrected chi connectivity index (χ0v) is 14.0. The van der Waals surface area contributed by atoms with Crippen molar-refractivity contribution in [2.75, 3.05) is 11.1 Å². The molecule has 0 saturated carbocycles. The van der Waals surface area contributed by atoms with E-state index < -0.39 is 9.84 Å². The van der Waals surface area contributed by atoms with Gasteiger partial charge < -0.3 is 5.32 Å². The van der Waals surface area contributed by atoms with Gasteiger partial charge in [-0.05, 0) is 67.8 Å². The fraction of sp³-hybridized carbons (Fsp3) is 0.222. The molecule has 3 rings (SSSR count). The largest absolute Gasteiger partial charge is 0.322 e. The molecule has 0 radical (unpaired) electrons. The van der Waals surface area contributed by atoms with Crippen molar-refractivity contribution in [2.24, 2.45) is 0 Å². The number of anilines is 1. The van der Waals surface area contributed by atoms with Gasteiger partial charge in [0.2, 0.25) is 0 Å². The summed E-state index contributed by atoms with van der Waals surface area (Å²) >= 11 is 0. The molecule has 0 saturated heterocycles. The lowest BCUT2D eigenvalue weighted by Gasteiger charge is -2.17. The standard InChI is InChI=1S/C18H17NO4S/c1-12(20)13-4-7-16(8-5-13)19-18(21)15-6-9-17-14(11-15)3-2-10-24(17,22)23/h4-9,11H,2-3,10H2,1H3,(H,19,21). The Labute approximate surface area is 140 Å². The number of ketones is 1. The normalized spacial score (nSPS) is 15.4. The lowest BCUT2D eigenvalue weighted by Crippen LogP contribution is -2.18. The Morgan fingerprint density at radius 2 is 1.67 bits per heavy atom. The Kier molecular flexibility index (Phi) is 4.24. The number of rotatable bonds is 3. The van der Waals surface area contributed by atoms with Crippen LogP contribution >= 0.6 is 0 Å². The smallest absolute Gasteiger partial charge is 0.255 e. The van der Waals surface area contributed by atoms with Crippen LogP contribution in [0.15, 0.2) is 47.4 Å². The highest BCUT2D eigenvalue weighted by atomic mass is 32.2. The first-order valence-electron chi connectivity index (χ1n) is 7.65. The van der Waals surface area contributed by atoms with E-state index >= 15 is 0 Å². The summed E-state index contributed by atoms with van der Waals surface area (Å²) in [6.45, 7) is 1.48. The molecule has 0 atom stereocenters. The van der Waals surface area contributed by atoms with Gasteiger partial charge in [0, 0.05) is 16.8 Å². The Hall–Kier alpha value is -2.47. The summed E-state index contributed by atoms with van der Waals surface area (Å²) in [4.78, 5) is 23.9. The molecule has 0 fully saturated rings. The van der Waals surface area contributed by atoms with Crippen LogP contribution in [0.2, 0.25) is 0 Å². The number of hydrogen-bond acceptors (Lipinski definition) is 4. The van der Waals surface area contributed by atoms with Crippen LogP contribution in [0, 0.1) is 0 Å². The van der Waals surface area contributed by atoms with Crippen molar-refractivity contribution in [3.8, 4) is 0 Å². The SMILES string of the molecule is CC(=O)c1ccc(NC(=O)c2ccc3c(c2)CCCS3(=O)=O)cc1. The third-order valence-corrected chi connectivity index (χ3v) is 5.96. The summed E-state index contributed by atoms with van der Waals surface area (Å²) in [6.07, 6.45) is 1.23. The molecule has 1 amide bonds. The predicted molar refractivity (Wildman–Crippen MR) is 91.2 cm³/mol. The summed E-state index contributed by atoms with van der Waals surface area (Å²) < 4.78 is 24.0. The molecule has 124 valence electrons. The molecule has 0 unspecified atom stereocenters. The predicted octanol–water partition coefficient (Wildman–Crippen LogP) is 2.86. The van der Waals surface area contributed by atoms with E-state index in [1.807, 2.05) is 0 Å². The molecule has 2 aromatic rings. The number of Topliss-reactive ketones (excluding diaryl/α,β-unsaturated/α-hetero) is 1. The van der Waals surface area contributed by atoms with Gasteiger partial charge in [-0.3, -0.25) is 9.59 Å². The second kappa shape index (κ2) is 6.20. The van der Waals surface area contributed by atoms with Crippen molar-refractivity contribution in [2.45, 2.75) is 24.7 Å². The van der Waals surface area contributed by atoms with Crippen molar-refractivity contribution < 1.29 is 18.0 Å². The number of carbonyl (C=O) groups is 2. The van der Waals surface area contributed by atoms with E-state index in [2.05, 4.69) is 5.32 Å². The van der Waals surface area contributed by atoms with E-state index in [0.717, 1.165) is 0 Å². The van der Waals surface area contributed by atoms with Gasteiger partial charge in [-0.2, -0.15) is 0 Å². The van der Waals surface area contributed by atoms with Crippen LogP contribution in [0.3, 0.4) is 0 Å². The number of carbonyl (C=O) groups excluding carboxylic acids is 2. The molecule has 5 nitrogen and oxygen atoms in total. The number of fused-ring (bicyclic) bond motifs is 1. The average Bonchev–Trinajstić information content (AvgIpc) is 2.54. The van der Waals surface area contributed by atoms with Gasteiger partial charge >= 0.3 is 0 Å². The highest BCUT2D eigenvalue weighted by Crippen LogP contribution is 2.26. The molecular weight excluding hydrogens is 326 g/mol. The average molecular weight is 343 g/mol. The van der Waals surface area contributed by atoms with Crippen LogP contribution in [0.5, 0.6) is 0 Å². The highest BCUT2D eigenvalue weighted by molar-refractivity contribution is 7.91. The van der Waals surface area contributed by atoms with E-state index in [1.165, 1.54) is 19.1 Å². The summed E-state index contributed by atoms with van der Waals surface area (Å²) in [6, 6.07) is 11.3. The van der Waals surface area contributed by atoms with E-state index in [4.69, 9.17) is 0 Å². The van der Waals surface area contributed by atoms with Crippen LogP contribution in [0.25, 0.3) is 0 Å². The molecular formula is C18H17NO4S. The van der Waals surface area contributed by atoms with Gasteiger partial charge in [0.1, 0.15) is 0 Å². The molecule has 0 spiro atoms. The first-order valence-corrected chi connectivity index (χ1v) is 9.30. The van der Waals surface area contributed by atoms with Gasteiger partial charge in [-0.1, -0.05) is 0 Å². The third-order valence-electron chi connectivity index (χ3n) is 4.07. The lowest BCUT2D eigenvalue weighted by atomic mass is 10.1. The molecule has 1 N–H and O–H groups in total. The Balaban J connectivity index is 1.82. The van der Waals surface area contributed by atoms with E-state index in [0.29, 0.717) is 40.1 Å². The Morgan fingerprint density at radius 1 is 1.00 bits per heavy atom. The molecule has 24 heavy (non-hydrogen) atoms. The van der Waals surface area contributed by atoms with Crippen LogP contribution in [0.4, 0.5) is 5.69 Å². The van der Waals surface area contributed by atoms with Gasteiger partial charge in [-0.15, -0.1) is 0 Å². The van der Waals surface area contributed by atoms with Crippen LogP contribution < -0.4 is 5.32 Å². The molecule has 6 heteroatoms. The zero-order valence-electron chi connectivity index (χ0n) is 13.2. The summed E-state index contributed by atoms with van der Waals surface area (Å²) in [5, 5.41) is 2.75. The summed E-state index contributed by atoms with van der Waals surface area (Å²) in [5.41, 5.74) is 2.27. The van der Waals surface area contributed by atoms with Crippen molar-refractivity contribution in [1.82, 2.24) is 0 Å². The van der Waals surface area contributed by atoms with Crippen LogP contribution in [0.1, 0.15) is 39.6 Å². The van der Waals surface area contributed by atoms with Crippen molar-refractivity contribution in [3.05, 3.63) is 59.2 Å². The number of hydrogen-bond donors (Lipinski definition) is 1. The van der Waals surface area contributed by atoms with Gasteiger partial charge in [0.25, 0.3) is 5.91 Å². The summed E-state index contributed by atoms with van der Waals surface area (Å²) in [7, 11) is -3.22. The first kappa shape index (κ1) is 16.4. The first-order chi connectivity index (χ1) is 11.4. The fourth-order valence-electron chi connectivity index (χ4n) is 2.77. The molecule has 1 heterocycles. The molecule has 0 bridgehead atoms. The maximum atomic E-state index is 12.4. The fourth-order valence-corrected chi connectivity index (χ4v) is 4.35. The van der Waals surface area contributed by atoms with E-state index in [9.17, 15) is 18.0 Å². The highest BCUT2D eigenvalue weighted by Gasteiger charge is 2.24. The molecule has 1 aliphatic rings. The van der Waals surface area contributed by atoms with Crippen molar-refractivity contribution in [3.63, 3.8) is 0 Å². The maximum Gasteiger partial charge on any atom is 0.255 e. The number of amides is 1. The Morgan fingerprint density at radius 3 is 2.33 bits per heavy atom. The quantitative estimate of drug-likeness (QED) is 0.869. The topological polar surface area (TPSA) is 80.3 Å². The number of benzene rings is 2. The Bertz CT molecular complexity index is 915. The van der Waals surface area contributed by atoms with E-state index in [1.54, 1.807) is 30.3 Å². The van der Waals surface area contributed by atoms with Gasteiger partial charge in [0.05, 0.1) is 10.6 Å². The van der Waals surface area contributed by atoms with Crippen LogP contribution in [-0.4, -0.2) is 25.9 Å². The lowest BCUT2D eigenvalue weighted by molar-refractivity contribution is 0.101. The van der Waals surface area contributed by atoms with Crippen molar-refractivity contribution >= 4 is 27.2 Å². The minimum Gasteiger partial charge on any atom is -0.322 e. The van der Waals surface area contributed by atoms with Gasteiger partial charge in [0.15, 0.2) is 15.6 Å². The number of sulfone groups is 1. The number of aryl methyl sites for hydroxylation is 1. The molecule has 2 aromatic carbocycles. The minimum absolute atomic E-state index is 0.0382. The van der Waals surface area contributed by atoms with E-state index in [-0.39, 0.29) is 17.4 Å². The number of nitrogens with one attached hydrogen (secondary N) is 1. The third kappa shape index (κ3) is 3.23. The molecule has 0 aromatic heterocycles.